The summed E-state index contributed by atoms with van der Waals surface area (Å²) >= 11 is 0. The van der Waals surface area contributed by atoms with Crippen LogP contribution in [0.1, 0.15) is 30.1 Å². The number of pyridine rings is 1. The van der Waals surface area contributed by atoms with Crippen molar-refractivity contribution in [2.45, 2.75) is 25.2 Å². The number of imidazole rings is 1. The molecule has 0 bridgehead atoms. The highest BCUT2D eigenvalue weighted by Crippen LogP contribution is 2.28. The van der Waals surface area contributed by atoms with Crippen molar-refractivity contribution in [2.75, 3.05) is 13.1 Å². The molecule has 1 aromatic carbocycles. The summed E-state index contributed by atoms with van der Waals surface area (Å²) in [5.74, 6) is 1.04. The molecule has 0 spiro atoms. The first kappa shape index (κ1) is 15.7. The van der Waals surface area contributed by atoms with Crippen LogP contribution in [0.15, 0.2) is 42.7 Å². The fraction of sp³-hybridized carbons (Fsp3) is 0.316. The van der Waals surface area contributed by atoms with Gasteiger partial charge in [0.2, 0.25) is 5.91 Å². The molecular formula is C19H19FN4O. The Hall–Kier alpha value is -2.76. The van der Waals surface area contributed by atoms with Gasteiger partial charge in [-0.1, -0.05) is 6.07 Å². The molecule has 0 saturated carbocycles. The van der Waals surface area contributed by atoms with Crippen molar-refractivity contribution in [1.29, 1.82) is 0 Å². The zero-order valence-electron chi connectivity index (χ0n) is 13.8. The van der Waals surface area contributed by atoms with Crippen molar-refractivity contribution in [3.8, 4) is 0 Å². The summed E-state index contributed by atoms with van der Waals surface area (Å²) in [4.78, 5) is 26.2. The number of piperidine rings is 1. The highest BCUT2D eigenvalue weighted by atomic mass is 19.1. The molecule has 5 nitrogen and oxygen atoms in total. The van der Waals surface area contributed by atoms with Crippen LogP contribution in [0.4, 0.5) is 4.39 Å². The zero-order chi connectivity index (χ0) is 17.2. The maximum Gasteiger partial charge on any atom is 0.227 e. The molecule has 0 atom stereocenters. The number of nitrogens with one attached hydrogen (secondary N) is 1. The van der Waals surface area contributed by atoms with Gasteiger partial charge in [0.15, 0.2) is 0 Å². The second kappa shape index (κ2) is 6.63. The van der Waals surface area contributed by atoms with Crippen molar-refractivity contribution in [3.05, 3.63) is 59.9 Å². The Morgan fingerprint density at radius 2 is 2.12 bits per heavy atom. The number of nitrogens with zero attached hydrogens (tertiary/aromatic N) is 3. The van der Waals surface area contributed by atoms with Crippen LogP contribution < -0.4 is 0 Å². The van der Waals surface area contributed by atoms with Gasteiger partial charge in [-0.3, -0.25) is 9.78 Å². The van der Waals surface area contributed by atoms with Crippen molar-refractivity contribution in [3.63, 3.8) is 0 Å². The first-order chi connectivity index (χ1) is 12.2. The van der Waals surface area contributed by atoms with Crippen molar-refractivity contribution in [1.82, 2.24) is 19.9 Å². The van der Waals surface area contributed by atoms with Crippen LogP contribution in [-0.2, 0) is 11.2 Å². The molecule has 3 heterocycles. The smallest absolute Gasteiger partial charge is 0.227 e. The summed E-state index contributed by atoms with van der Waals surface area (Å²) in [5.41, 5.74) is 2.45. The molecule has 128 valence electrons. The number of H-pyrrole nitrogens is 1. The molecule has 4 rings (SSSR count). The molecule has 1 N–H and O–H groups in total. The number of halogens is 1. The number of benzene rings is 1. The number of hydrogen-bond donors (Lipinski definition) is 1. The van der Waals surface area contributed by atoms with Gasteiger partial charge >= 0.3 is 0 Å². The third-order valence-electron chi connectivity index (χ3n) is 4.77. The van der Waals surface area contributed by atoms with E-state index < -0.39 is 0 Å². The van der Waals surface area contributed by atoms with Gasteiger partial charge in [0, 0.05) is 31.4 Å². The van der Waals surface area contributed by atoms with E-state index in [-0.39, 0.29) is 17.6 Å². The van der Waals surface area contributed by atoms with E-state index in [0.29, 0.717) is 6.42 Å². The number of carbonyl (C=O) groups excluding carboxylic acids is 1. The second-order valence-corrected chi connectivity index (χ2v) is 6.48. The van der Waals surface area contributed by atoms with Crippen molar-refractivity contribution >= 4 is 16.9 Å². The SMILES string of the molecule is O=C(Cc1cccnc1)N1CCC(c2nc3ccc(F)cc3[nH]2)CC1. The van der Waals surface area contributed by atoms with Crippen LogP contribution in [0.2, 0.25) is 0 Å². The first-order valence-corrected chi connectivity index (χ1v) is 8.51. The summed E-state index contributed by atoms with van der Waals surface area (Å²) < 4.78 is 13.3. The molecule has 1 aliphatic heterocycles. The topological polar surface area (TPSA) is 61.9 Å². The third-order valence-corrected chi connectivity index (χ3v) is 4.77. The quantitative estimate of drug-likeness (QED) is 0.798. The Balaban J connectivity index is 1.39. The fourth-order valence-electron chi connectivity index (χ4n) is 3.39. The average molecular weight is 338 g/mol. The lowest BCUT2D eigenvalue weighted by Gasteiger charge is -2.31. The van der Waals surface area contributed by atoms with Gasteiger partial charge < -0.3 is 9.88 Å². The molecule has 1 fully saturated rings. The standard InChI is InChI=1S/C19H19FN4O/c20-15-3-4-16-17(11-15)23-19(22-16)14-5-8-24(9-6-14)18(25)10-13-2-1-7-21-12-13/h1-4,7,11-12,14H,5-6,8-10H2,(H,22,23). The van der Waals surface area contributed by atoms with E-state index in [2.05, 4.69) is 15.0 Å². The van der Waals surface area contributed by atoms with E-state index in [4.69, 9.17) is 0 Å². The lowest BCUT2D eigenvalue weighted by atomic mass is 9.96. The minimum Gasteiger partial charge on any atom is -0.342 e. The number of hydrogen-bond acceptors (Lipinski definition) is 3. The maximum absolute atomic E-state index is 13.3. The fourth-order valence-corrected chi connectivity index (χ4v) is 3.39. The molecule has 0 unspecified atom stereocenters. The Morgan fingerprint density at radius 3 is 2.88 bits per heavy atom. The van der Waals surface area contributed by atoms with Crippen molar-refractivity contribution < 1.29 is 9.18 Å². The lowest BCUT2D eigenvalue weighted by molar-refractivity contribution is -0.131. The number of aromatic amines is 1. The van der Waals surface area contributed by atoms with Gasteiger partial charge in [-0.25, -0.2) is 9.37 Å². The normalized spacial score (nSPS) is 15.6. The van der Waals surface area contributed by atoms with Gasteiger partial charge in [-0.2, -0.15) is 0 Å². The molecule has 0 aliphatic carbocycles. The van der Waals surface area contributed by atoms with Gasteiger partial charge in [-0.15, -0.1) is 0 Å². The predicted octanol–water partition coefficient (Wildman–Crippen LogP) is 3.05. The number of rotatable bonds is 3. The summed E-state index contributed by atoms with van der Waals surface area (Å²) in [6, 6.07) is 8.35. The minimum absolute atomic E-state index is 0.137. The number of likely N-dealkylation sites (tertiary alicyclic amines) is 1. The van der Waals surface area contributed by atoms with Crippen LogP contribution in [0, 0.1) is 5.82 Å². The molecule has 1 saturated heterocycles. The van der Waals surface area contributed by atoms with E-state index >= 15 is 0 Å². The Bertz CT molecular complexity index is 885. The van der Waals surface area contributed by atoms with Crippen LogP contribution >= 0.6 is 0 Å². The monoisotopic (exact) mass is 338 g/mol. The van der Waals surface area contributed by atoms with Crippen LogP contribution in [0.3, 0.4) is 0 Å². The minimum atomic E-state index is -0.265. The number of carbonyl (C=O) groups is 1. The summed E-state index contributed by atoms with van der Waals surface area (Å²) in [6.07, 6.45) is 5.56. The van der Waals surface area contributed by atoms with Crippen molar-refractivity contribution in [2.24, 2.45) is 0 Å². The Labute approximate surface area is 144 Å². The van der Waals surface area contributed by atoms with E-state index in [1.165, 1.54) is 12.1 Å². The molecule has 25 heavy (non-hydrogen) atoms. The zero-order valence-corrected chi connectivity index (χ0v) is 13.8. The largest absolute Gasteiger partial charge is 0.342 e. The van der Waals surface area contributed by atoms with Crippen LogP contribution in [-0.4, -0.2) is 38.8 Å². The first-order valence-electron chi connectivity index (χ1n) is 8.51. The summed E-state index contributed by atoms with van der Waals surface area (Å²) in [6.45, 7) is 1.43. The van der Waals surface area contributed by atoms with Crippen LogP contribution in [0.25, 0.3) is 11.0 Å². The Morgan fingerprint density at radius 1 is 1.28 bits per heavy atom. The molecule has 6 heteroatoms. The lowest BCUT2D eigenvalue weighted by Crippen LogP contribution is -2.39. The summed E-state index contributed by atoms with van der Waals surface area (Å²) in [7, 11) is 0. The van der Waals surface area contributed by atoms with Gasteiger partial charge in [-0.05, 0) is 42.7 Å². The Kier molecular flexibility index (Phi) is 4.17. The van der Waals surface area contributed by atoms with Gasteiger partial charge in [0.05, 0.1) is 17.5 Å². The summed E-state index contributed by atoms with van der Waals surface area (Å²) in [5, 5.41) is 0. The molecule has 2 aromatic heterocycles. The predicted molar refractivity (Wildman–Crippen MR) is 92.5 cm³/mol. The molecule has 1 aliphatic rings. The highest BCUT2D eigenvalue weighted by molar-refractivity contribution is 5.79. The second-order valence-electron chi connectivity index (χ2n) is 6.48. The van der Waals surface area contributed by atoms with E-state index in [1.807, 2.05) is 17.0 Å². The molecule has 1 amide bonds. The number of fused-ring (bicyclic) bond motifs is 1. The average Bonchev–Trinajstić information content (AvgIpc) is 3.06. The number of aromatic nitrogens is 3. The molecule has 3 aromatic rings. The van der Waals surface area contributed by atoms with Gasteiger partial charge in [0.1, 0.15) is 11.6 Å². The third kappa shape index (κ3) is 3.38. The van der Waals surface area contributed by atoms with Crippen LogP contribution in [0.5, 0.6) is 0 Å². The van der Waals surface area contributed by atoms with E-state index in [9.17, 15) is 9.18 Å². The molecule has 0 radical (unpaired) electrons. The molecular weight excluding hydrogens is 319 g/mol. The highest BCUT2D eigenvalue weighted by Gasteiger charge is 2.25. The van der Waals surface area contributed by atoms with E-state index in [0.717, 1.165) is 48.4 Å². The van der Waals surface area contributed by atoms with Gasteiger partial charge in [0.25, 0.3) is 0 Å². The number of amides is 1. The van der Waals surface area contributed by atoms with E-state index in [1.54, 1.807) is 18.5 Å². The maximum atomic E-state index is 13.3.